The first kappa shape index (κ1) is 9.65. The van der Waals surface area contributed by atoms with Crippen molar-refractivity contribution >= 4 is 12.2 Å². The van der Waals surface area contributed by atoms with Crippen molar-refractivity contribution in [3.05, 3.63) is 48.2 Å². The number of hydrogen-bond donors (Lipinski definition) is 0. The van der Waals surface area contributed by atoms with Gasteiger partial charge in [0, 0.05) is 17.7 Å². The number of aliphatic imine (C=N–C) groups is 1. The van der Waals surface area contributed by atoms with E-state index in [-0.39, 0.29) is 0 Å². The van der Waals surface area contributed by atoms with E-state index in [0.29, 0.717) is 18.0 Å². The van der Waals surface area contributed by atoms with E-state index in [1.165, 1.54) is 0 Å². The highest BCUT2D eigenvalue weighted by atomic mass is 16.5. The maximum Gasteiger partial charge on any atom is 0.221 e. The Morgan fingerprint density at radius 2 is 2.13 bits per heavy atom. The maximum absolute atomic E-state index is 10.7. The summed E-state index contributed by atoms with van der Waals surface area (Å²) >= 11 is 0. The molecule has 1 aromatic carbocycles. The van der Waals surface area contributed by atoms with E-state index in [1.807, 2.05) is 30.3 Å². The van der Waals surface area contributed by atoms with E-state index in [0.717, 1.165) is 11.8 Å². The van der Waals surface area contributed by atoms with Crippen LogP contribution >= 0.6 is 0 Å². The second kappa shape index (κ2) is 4.09. The monoisotopic (exact) mass is 201 g/mol. The average molecular weight is 201 g/mol. The molecular weight excluding hydrogens is 190 g/mol. The molecule has 1 aliphatic rings. The van der Waals surface area contributed by atoms with Gasteiger partial charge in [0.1, 0.15) is 0 Å². The minimum atomic E-state index is -0.454. The molecule has 0 fully saturated rings. The number of carbonyl (C=O) groups is 1. The normalized spacial score (nSPS) is 20.4. The number of aldehydes is 1. The van der Waals surface area contributed by atoms with Crippen LogP contribution in [-0.2, 0) is 9.53 Å². The first-order chi connectivity index (χ1) is 7.29. The lowest BCUT2D eigenvalue weighted by Gasteiger charge is -2.20. The van der Waals surface area contributed by atoms with E-state index >= 15 is 0 Å². The van der Waals surface area contributed by atoms with Crippen molar-refractivity contribution in [2.75, 3.05) is 0 Å². The van der Waals surface area contributed by atoms with Gasteiger partial charge in [-0.2, -0.15) is 0 Å². The van der Waals surface area contributed by atoms with Crippen LogP contribution in [0.4, 0.5) is 0 Å². The van der Waals surface area contributed by atoms with Crippen molar-refractivity contribution < 1.29 is 9.53 Å². The van der Waals surface area contributed by atoms with Gasteiger partial charge in [-0.3, -0.25) is 4.79 Å². The van der Waals surface area contributed by atoms with Gasteiger partial charge in [-0.1, -0.05) is 24.8 Å². The van der Waals surface area contributed by atoms with Gasteiger partial charge >= 0.3 is 0 Å². The van der Waals surface area contributed by atoms with E-state index in [4.69, 9.17) is 4.74 Å². The third kappa shape index (κ3) is 2.13. The number of ether oxygens (including phenoxy) is 1. The highest BCUT2D eigenvalue weighted by molar-refractivity contribution is 5.96. The third-order valence-corrected chi connectivity index (χ3v) is 2.13. The highest BCUT2D eigenvalue weighted by Gasteiger charge is 2.19. The third-order valence-electron chi connectivity index (χ3n) is 2.13. The van der Waals surface area contributed by atoms with E-state index in [1.54, 1.807) is 0 Å². The van der Waals surface area contributed by atoms with Crippen LogP contribution in [0.15, 0.2) is 47.6 Å². The molecule has 3 nitrogen and oxygen atoms in total. The Balaban J connectivity index is 2.30. The lowest BCUT2D eigenvalue weighted by atomic mass is 10.1. The van der Waals surface area contributed by atoms with Crippen LogP contribution in [0, 0.1) is 0 Å². The first-order valence-corrected chi connectivity index (χ1v) is 4.73. The smallest absolute Gasteiger partial charge is 0.221 e. The summed E-state index contributed by atoms with van der Waals surface area (Å²) in [5.41, 5.74) is 1.54. The van der Waals surface area contributed by atoms with Crippen LogP contribution in [0.25, 0.3) is 0 Å². The van der Waals surface area contributed by atoms with Gasteiger partial charge in [0.15, 0.2) is 12.4 Å². The second-order valence-corrected chi connectivity index (χ2v) is 3.35. The summed E-state index contributed by atoms with van der Waals surface area (Å²) in [6, 6.07) is 9.49. The number of rotatable bonds is 2. The van der Waals surface area contributed by atoms with Crippen molar-refractivity contribution in [3.8, 4) is 0 Å². The lowest BCUT2D eigenvalue weighted by molar-refractivity contribution is -0.114. The van der Waals surface area contributed by atoms with Crippen LogP contribution in [0.1, 0.15) is 12.0 Å². The molecule has 0 spiro atoms. The summed E-state index contributed by atoms with van der Waals surface area (Å²) in [7, 11) is 0. The van der Waals surface area contributed by atoms with Gasteiger partial charge in [0.2, 0.25) is 5.90 Å². The minimum Gasteiger partial charge on any atom is -0.466 e. The Bertz CT molecular complexity index is 409. The second-order valence-electron chi connectivity index (χ2n) is 3.35. The van der Waals surface area contributed by atoms with Crippen molar-refractivity contribution in [1.29, 1.82) is 0 Å². The number of benzene rings is 1. The quantitative estimate of drug-likeness (QED) is 0.686. The molecule has 1 aromatic rings. The number of nitrogens with zero attached hydrogens (tertiary/aromatic N) is 1. The Morgan fingerprint density at radius 1 is 1.40 bits per heavy atom. The largest absolute Gasteiger partial charge is 0.466 e. The standard InChI is InChI=1S/C12H11NO2/c1-9-7-11(8-14)15-12(13-9)10-5-3-2-4-6-10/h2-6,8,11H,1,7H2. The Labute approximate surface area is 88.1 Å². The topological polar surface area (TPSA) is 38.7 Å². The SMILES string of the molecule is C=C1CC(C=O)OC(c2ccccc2)=N1. The van der Waals surface area contributed by atoms with Crippen molar-refractivity contribution in [1.82, 2.24) is 0 Å². The van der Waals surface area contributed by atoms with Crippen LogP contribution in [0.5, 0.6) is 0 Å². The summed E-state index contributed by atoms with van der Waals surface area (Å²) < 4.78 is 5.41. The van der Waals surface area contributed by atoms with Crippen LogP contribution in [0.2, 0.25) is 0 Å². The molecule has 0 N–H and O–H groups in total. The zero-order valence-corrected chi connectivity index (χ0v) is 8.22. The molecule has 15 heavy (non-hydrogen) atoms. The fraction of sp³-hybridized carbons (Fsp3) is 0.167. The molecule has 0 radical (unpaired) electrons. The summed E-state index contributed by atoms with van der Waals surface area (Å²) in [5.74, 6) is 0.476. The molecule has 0 aliphatic carbocycles. The average Bonchev–Trinajstić information content (AvgIpc) is 2.29. The fourth-order valence-corrected chi connectivity index (χ4v) is 1.42. The first-order valence-electron chi connectivity index (χ1n) is 4.73. The minimum absolute atomic E-state index is 0.454. The summed E-state index contributed by atoms with van der Waals surface area (Å²) in [6.45, 7) is 3.76. The van der Waals surface area contributed by atoms with Crippen LogP contribution in [0.3, 0.4) is 0 Å². The van der Waals surface area contributed by atoms with E-state index < -0.39 is 6.10 Å². The Morgan fingerprint density at radius 3 is 2.80 bits per heavy atom. The molecule has 1 heterocycles. The van der Waals surface area contributed by atoms with Gasteiger partial charge < -0.3 is 4.74 Å². The van der Waals surface area contributed by atoms with Gasteiger partial charge in [-0.05, 0) is 12.1 Å². The fourth-order valence-electron chi connectivity index (χ4n) is 1.42. The summed E-state index contributed by atoms with van der Waals surface area (Å²) in [4.78, 5) is 14.9. The molecule has 1 aliphatic heterocycles. The van der Waals surface area contributed by atoms with Crippen molar-refractivity contribution in [2.45, 2.75) is 12.5 Å². The molecule has 1 atom stereocenters. The number of carbonyl (C=O) groups excluding carboxylic acids is 1. The zero-order valence-electron chi connectivity index (χ0n) is 8.22. The highest BCUT2D eigenvalue weighted by Crippen LogP contribution is 2.17. The van der Waals surface area contributed by atoms with Gasteiger partial charge in [-0.25, -0.2) is 4.99 Å². The maximum atomic E-state index is 10.7. The molecular formula is C12H11NO2. The van der Waals surface area contributed by atoms with Gasteiger partial charge in [0.25, 0.3) is 0 Å². The number of hydrogen-bond acceptors (Lipinski definition) is 3. The van der Waals surface area contributed by atoms with Gasteiger partial charge in [0.05, 0.1) is 0 Å². The molecule has 0 saturated carbocycles. The molecule has 0 aromatic heterocycles. The predicted molar refractivity (Wildman–Crippen MR) is 57.7 cm³/mol. The summed E-state index contributed by atoms with van der Waals surface area (Å²) in [5, 5.41) is 0. The molecule has 0 amide bonds. The molecule has 76 valence electrons. The van der Waals surface area contributed by atoms with E-state index in [2.05, 4.69) is 11.6 Å². The van der Waals surface area contributed by atoms with Crippen molar-refractivity contribution in [3.63, 3.8) is 0 Å². The summed E-state index contributed by atoms with van der Waals surface area (Å²) in [6.07, 6.45) is 0.799. The molecule has 0 bridgehead atoms. The van der Waals surface area contributed by atoms with Crippen LogP contribution in [-0.4, -0.2) is 18.3 Å². The van der Waals surface area contributed by atoms with E-state index in [9.17, 15) is 4.79 Å². The zero-order chi connectivity index (χ0) is 10.7. The lowest BCUT2D eigenvalue weighted by Crippen LogP contribution is -2.24. The van der Waals surface area contributed by atoms with Crippen LogP contribution < -0.4 is 0 Å². The molecule has 2 rings (SSSR count). The Kier molecular flexibility index (Phi) is 2.63. The van der Waals surface area contributed by atoms with Gasteiger partial charge in [-0.15, -0.1) is 0 Å². The molecule has 0 saturated heterocycles. The Hall–Kier alpha value is -1.90. The molecule has 3 heteroatoms. The predicted octanol–water partition coefficient (Wildman–Crippen LogP) is 1.93. The van der Waals surface area contributed by atoms with Crippen molar-refractivity contribution in [2.24, 2.45) is 4.99 Å². The molecule has 1 unspecified atom stereocenters.